The number of likely N-dealkylation sites (tertiary alicyclic amines) is 1. The van der Waals surface area contributed by atoms with Crippen molar-refractivity contribution >= 4 is 28.9 Å². The van der Waals surface area contributed by atoms with Crippen molar-refractivity contribution in [1.82, 2.24) is 4.90 Å². The first-order valence-corrected chi connectivity index (χ1v) is 7.44. The van der Waals surface area contributed by atoms with Gasteiger partial charge in [-0.1, -0.05) is 18.5 Å². The van der Waals surface area contributed by atoms with Gasteiger partial charge in [-0.2, -0.15) is 0 Å². The van der Waals surface area contributed by atoms with E-state index in [9.17, 15) is 4.79 Å². The summed E-state index contributed by atoms with van der Waals surface area (Å²) < 4.78 is 0. The van der Waals surface area contributed by atoms with Crippen LogP contribution in [0.25, 0.3) is 0 Å². The molecule has 1 fully saturated rings. The molecule has 2 atom stereocenters. The van der Waals surface area contributed by atoms with Gasteiger partial charge in [0.25, 0.3) is 0 Å². The Kier molecular flexibility index (Phi) is 4.89. The summed E-state index contributed by atoms with van der Waals surface area (Å²) in [5.74, 6) is 0.606. The quantitative estimate of drug-likeness (QED) is 0.843. The molecule has 3 N–H and O–H groups in total. The lowest BCUT2D eigenvalue weighted by Gasteiger charge is -2.37. The molecule has 0 radical (unpaired) electrons. The molecule has 5 heteroatoms. The Bertz CT molecular complexity index is 492. The number of anilines is 2. The van der Waals surface area contributed by atoms with Gasteiger partial charge in [0, 0.05) is 11.7 Å². The first-order chi connectivity index (χ1) is 9.47. The van der Waals surface area contributed by atoms with E-state index in [2.05, 4.69) is 24.1 Å². The number of benzene rings is 1. The molecule has 0 aromatic heterocycles. The summed E-state index contributed by atoms with van der Waals surface area (Å²) in [5.41, 5.74) is 6.84. The number of nitrogen functional groups attached to an aromatic ring is 1. The molecule has 110 valence electrons. The molecule has 0 spiro atoms. The van der Waals surface area contributed by atoms with Gasteiger partial charge in [0.2, 0.25) is 5.91 Å². The highest BCUT2D eigenvalue weighted by molar-refractivity contribution is 6.34. The Morgan fingerprint density at radius 1 is 1.50 bits per heavy atom. The number of hydrogen-bond donors (Lipinski definition) is 2. The van der Waals surface area contributed by atoms with Crippen LogP contribution in [0.2, 0.25) is 5.02 Å². The van der Waals surface area contributed by atoms with E-state index in [4.69, 9.17) is 17.3 Å². The second-order valence-electron chi connectivity index (χ2n) is 5.62. The molecule has 1 aromatic rings. The maximum atomic E-state index is 12.1. The molecule has 2 unspecified atom stereocenters. The van der Waals surface area contributed by atoms with Crippen molar-refractivity contribution in [3.05, 3.63) is 23.2 Å². The van der Waals surface area contributed by atoms with Crippen molar-refractivity contribution in [2.45, 2.75) is 32.7 Å². The fourth-order valence-electron chi connectivity index (χ4n) is 2.65. The van der Waals surface area contributed by atoms with E-state index in [-0.39, 0.29) is 5.91 Å². The summed E-state index contributed by atoms with van der Waals surface area (Å²) in [4.78, 5) is 14.4. The van der Waals surface area contributed by atoms with Crippen LogP contribution in [0.3, 0.4) is 0 Å². The monoisotopic (exact) mass is 295 g/mol. The lowest BCUT2D eigenvalue weighted by molar-refractivity contribution is -0.118. The fraction of sp³-hybridized carbons (Fsp3) is 0.533. The molecule has 1 aliphatic heterocycles. The third-order valence-corrected chi connectivity index (χ3v) is 4.43. The van der Waals surface area contributed by atoms with Crippen LogP contribution in [0.15, 0.2) is 18.2 Å². The minimum atomic E-state index is -0.0300. The smallest absolute Gasteiger partial charge is 0.238 e. The highest BCUT2D eigenvalue weighted by atomic mass is 35.5. The summed E-state index contributed by atoms with van der Waals surface area (Å²) in [6, 6.07) is 5.55. The van der Waals surface area contributed by atoms with E-state index < -0.39 is 0 Å². The van der Waals surface area contributed by atoms with Gasteiger partial charge < -0.3 is 11.1 Å². The number of nitrogens with one attached hydrogen (secondary N) is 1. The topological polar surface area (TPSA) is 58.4 Å². The van der Waals surface area contributed by atoms with Crippen LogP contribution in [0.1, 0.15) is 26.7 Å². The molecule has 0 saturated carbocycles. The average Bonchev–Trinajstić information content (AvgIpc) is 2.38. The normalized spacial score (nSPS) is 23.6. The highest BCUT2D eigenvalue weighted by Gasteiger charge is 2.26. The van der Waals surface area contributed by atoms with Crippen LogP contribution < -0.4 is 11.1 Å². The number of nitrogens with two attached hydrogens (primary N) is 1. The Hall–Kier alpha value is -1.26. The molecule has 2 rings (SSSR count). The molecule has 1 aromatic carbocycles. The van der Waals surface area contributed by atoms with E-state index in [0.717, 1.165) is 13.0 Å². The Morgan fingerprint density at radius 3 is 2.95 bits per heavy atom. The summed E-state index contributed by atoms with van der Waals surface area (Å²) in [5, 5.41) is 3.32. The Balaban J connectivity index is 1.95. The number of piperidine rings is 1. The van der Waals surface area contributed by atoms with E-state index in [1.807, 2.05) is 0 Å². The van der Waals surface area contributed by atoms with Crippen LogP contribution in [-0.2, 0) is 4.79 Å². The van der Waals surface area contributed by atoms with Gasteiger partial charge in [0.1, 0.15) is 0 Å². The van der Waals surface area contributed by atoms with Gasteiger partial charge in [0.15, 0.2) is 0 Å². The number of carbonyl (C=O) groups excluding carboxylic acids is 1. The third kappa shape index (κ3) is 3.64. The molecule has 1 saturated heterocycles. The standard InChI is InChI=1S/C15H22ClN3O/c1-10-4-3-7-19(11(10)2)9-15(20)18-14-6-5-12(17)8-13(14)16/h5-6,8,10-11H,3-4,7,9,17H2,1-2H3,(H,18,20). The number of carbonyl (C=O) groups is 1. The van der Waals surface area contributed by atoms with Crippen LogP contribution in [0.4, 0.5) is 11.4 Å². The second kappa shape index (κ2) is 6.46. The number of amides is 1. The Labute approximate surface area is 125 Å². The van der Waals surface area contributed by atoms with Crippen molar-refractivity contribution < 1.29 is 4.79 Å². The zero-order chi connectivity index (χ0) is 14.7. The summed E-state index contributed by atoms with van der Waals surface area (Å²) >= 11 is 6.06. The molecule has 20 heavy (non-hydrogen) atoms. The van der Waals surface area contributed by atoms with Crippen molar-refractivity contribution in [1.29, 1.82) is 0 Å². The first kappa shape index (κ1) is 15.1. The molecule has 4 nitrogen and oxygen atoms in total. The number of hydrogen-bond acceptors (Lipinski definition) is 3. The molecule has 1 aliphatic rings. The molecular weight excluding hydrogens is 274 g/mol. The molecular formula is C15H22ClN3O. The van der Waals surface area contributed by atoms with Gasteiger partial charge in [-0.15, -0.1) is 0 Å². The van der Waals surface area contributed by atoms with Crippen molar-refractivity contribution in [2.75, 3.05) is 24.1 Å². The van der Waals surface area contributed by atoms with E-state index in [0.29, 0.717) is 34.9 Å². The van der Waals surface area contributed by atoms with Gasteiger partial charge in [0.05, 0.1) is 17.3 Å². The van der Waals surface area contributed by atoms with Crippen molar-refractivity contribution in [2.24, 2.45) is 5.92 Å². The fourth-order valence-corrected chi connectivity index (χ4v) is 2.89. The molecule has 1 amide bonds. The van der Waals surface area contributed by atoms with E-state index in [1.54, 1.807) is 18.2 Å². The number of halogens is 1. The largest absolute Gasteiger partial charge is 0.399 e. The van der Waals surface area contributed by atoms with Crippen LogP contribution in [0.5, 0.6) is 0 Å². The zero-order valence-electron chi connectivity index (χ0n) is 12.0. The van der Waals surface area contributed by atoms with E-state index in [1.165, 1.54) is 6.42 Å². The Morgan fingerprint density at radius 2 is 2.25 bits per heavy atom. The van der Waals surface area contributed by atoms with Crippen LogP contribution in [-0.4, -0.2) is 29.9 Å². The summed E-state index contributed by atoms with van der Waals surface area (Å²) in [6.45, 7) is 5.82. The summed E-state index contributed by atoms with van der Waals surface area (Å²) in [6.07, 6.45) is 2.39. The van der Waals surface area contributed by atoms with Gasteiger partial charge >= 0.3 is 0 Å². The number of nitrogens with zero attached hydrogens (tertiary/aromatic N) is 1. The van der Waals surface area contributed by atoms with Crippen molar-refractivity contribution in [3.8, 4) is 0 Å². The second-order valence-corrected chi connectivity index (χ2v) is 6.03. The molecule has 0 bridgehead atoms. The third-order valence-electron chi connectivity index (χ3n) is 4.12. The highest BCUT2D eigenvalue weighted by Crippen LogP contribution is 2.25. The van der Waals surface area contributed by atoms with Gasteiger partial charge in [-0.25, -0.2) is 0 Å². The summed E-state index contributed by atoms with van der Waals surface area (Å²) in [7, 11) is 0. The minimum absolute atomic E-state index is 0.0300. The SMILES string of the molecule is CC1CCCN(CC(=O)Nc2ccc(N)cc2Cl)C1C. The van der Waals surface area contributed by atoms with Crippen LogP contribution in [0, 0.1) is 5.92 Å². The predicted molar refractivity (Wildman–Crippen MR) is 83.9 cm³/mol. The zero-order valence-corrected chi connectivity index (χ0v) is 12.8. The molecule has 1 heterocycles. The van der Waals surface area contributed by atoms with E-state index >= 15 is 0 Å². The lowest BCUT2D eigenvalue weighted by atomic mass is 9.92. The maximum Gasteiger partial charge on any atom is 0.238 e. The number of rotatable bonds is 3. The van der Waals surface area contributed by atoms with Gasteiger partial charge in [-0.05, 0) is 50.4 Å². The molecule has 0 aliphatic carbocycles. The van der Waals surface area contributed by atoms with Crippen LogP contribution >= 0.6 is 11.6 Å². The average molecular weight is 296 g/mol. The predicted octanol–water partition coefficient (Wildman–Crippen LogP) is 2.98. The van der Waals surface area contributed by atoms with Crippen molar-refractivity contribution in [3.63, 3.8) is 0 Å². The first-order valence-electron chi connectivity index (χ1n) is 7.06. The van der Waals surface area contributed by atoms with Gasteiger partial charge in [-0.3, -0.25) is 9.69 Å². The lowest BCUT2D eigenvalue weighted by Crippen LogP contribution is -2.46. The minimum Gasteiger partial charge on any atom is -0.399 e. The maximum absolute atomic E-state index is 12.1.